The Morgan fingerprint density at radius 1 is 1.37 bits per heavy atom. The third kappa shape index (κ3) is 3.62. The molecule has 0 saturated heterocycles. The molecule has 4 heteroatoms. The number of hydrogen-bond acceptors (Lipinski definition) is 4. The van der Waals surface area contributed by atoms with Crippen LogP contribution in [0.5, 0.6) is 0 Å². The third-order valence-electron chi connectivity index (χ3n) is 3.10. The van der Waals surface area contributed by atoms with Crippen LogP contribution in [0.3, 0.4) is 0 Å². The van der Waals surface area contributed by atoms with Crippen LogP contribution in [0.1, 0.15) is 29.1 Å². The molecule has 2 rings (SSSR count). The second-order valence-corrected chi connectivity index (χ2v) is 5.23. The van der Waals surface area contributed by atoms with Crippen molar-refractivity contribution in [2.75, 3.05) is 20.3 Å². The van der Waals surface area contributed by atoms with E-state index in [1.54, 1.807) is 18.4 Å². The highest BCUT2D eigenvalue weighted by Crippen LogP contribution is 2.26. The summed E-state index contributed by atoms with van der Waals surface area (Å²) in [6, 6.07) is 8.72. The van der Waals surface area contributed by atoms with Gasteiger partial charge in [-0.15, -0.1) is 11.3 Å². The van der Waals surface area contributed by atoms with E-state index in [4.69, 9.17) is 4.74 Å². The van der Waals surface area contributed by atoms with Crippen LogP contribution in [-0.2, 0) is 11.2 Å². The quantitative estimate of drug-likeness (QED) is 0.789. The summed E-state index contributed by atoms with van der Waals surface area (Å²) in [5.74, 6) is 0. The lowest BCUT2D eigenvalue weighted by Gasteiger charge is -2.19. The van der Waals surface area contributed by atoms with Gasteiger partial charge in [0.05, 0.1) is 12.6 Å². The Hall–Kier alpha value is -1.23. The van der Waals surface area contributed by atoms with E-state index in [1.807, 2.05) is 11.6 Å². The van der Waals surface area contributed by atoms with Crippen molar-refractivity contribution in [3.63, 3.8) is 0 Å². The van der Waals surface area contributed by atoms with E-state index in [0.717, 1.165) is 18.0 Å². The molecule has 1 aromatic carbocycles. The van der Waals surface area contributed by atoms with E-state index < -0.39 is 0 Å². The Labute approximate surface area is 118 Å². The van der Waals surface area contributed by atoms with Gasteiger partial charge in [0.1, 0.15) is 5.01 Å². The minimum absolute atomic E-state index is 0.159. The van der Waals surface area contributed by atoms with Crippen molar-refractivity contribution in [1.29, 1.82) is 0 Å². The van der Waals surface area contributed by atoms with E-state index in [0.29, 0.717) is 6.61 Å². The van der Waals surface area contributed by atoms with Crippen molar-refractivity contribution in [3.8, 4) is 0 Å². The summed E-state index contributed by atoms with van der Waals surface area (Å²) in [6.45, 7) is 3.71. The number of aromatic nitrogens is 1. The lowest BCUT2D eigenvalue weighted by atomic mass is 9.99. The number of methoxy groups -OCH3 is 1. The van der Waals surface area contributed by atoms with Gasteiger partial charge in [-0.3, -0.25) is 0 Å². The molecule has 1 heterocycles. The smallest absolute Gasteiger partial charge is 0.114 e. The summed E-state index contributed by atoms with van der Waals surface area (Å²) < 4.78 is 5.12. The molecule has 19 heavy (non-hydrogen) atoms. The molecule has 0 aliphatic rings. The number of rotatable bonds is 7. The summed E-state index contributed by atoms with van der Waals surface area (Å²) in [7, 11) is 1.72. The Balaban J connectivity index is 2.26. The maximum atomic E-state index is 5.12. The van der Waals surface area contributed by atoms with Crippen molar-refractivity contribution in [2.24, 2.45) is 0 Å². The SMILES string of the molecule is CCc1ccccc1C(NCCOC)c1nccs1. The van der Waals surface area contributed by atoms with E-state index in [2.05, 4.69) is 41.5 Å². The molecule has 0 radical (unpaired) electrons. The van der Waals surface area contributed by atoms with Crippen molar-refractivity contribution in [1.82, 2.24) is 10.3 Å². The normalized spacial score (nSPS) is 12.5. The highest BCUT2D eigenvalue weighted by Gasteiger charge is 2.18. The van der Waals surface area contributed by atoms with Gasteiger partial charge < -0.3 is 10.1 Å². The molecule has 102 valence electrons. The fourth-order valence-corrected chi connectivity index (χ4v) is 2.88. The van der Waals surface area contributed by atoms with Crippen LogP contribution < -0.4 is 5.32 Å². The standard InChI is InChI=1S/C15H20N2OS/c1-3-12-6-4-5-7-13(12)14(16-8-10-18-2)15-17-9-11-19-15/h4-7,9,11,14,16H,3,8,10H2,1-2H3. The van der Waals surface area contributed by atoms with Crippen LogP contribution in [-0.4, -0.2) is 25.2 Å². The molecule has 3 nitrogen and oxygen atoms in total. The van der Waals surface area contributed by atoms with Crippen LogP contribution in [0.4, 0.5) is 0 Å². The first-order valence-electron chi connectivity index (χ1n) is 6.56. The maximum absolute atomic E-state index is 5.12. The predicted molar refractivity (Wildman–Crippen MR) is 79.7 cm³/mol. The van der Waals surface area contributed by atoms with Gasteiger partial charge in [0.25, 0.3) is 0 Å². The summed E-state index contributed by atoms with van der Waals surface area (Å²) >= 11 is 1.69. The summed E-state index contributed by atoms with van der Waals surface area (Å²) in [6.07, 6.45) is 2.89. The third-order valence-corrected chi connectivity index (χ3v) is 3.94. The minimum Gasteiger partial charge on any atom is -0.383 e. The van der Waals surface area contributed by atoms with Gasteiger partial charge in [0.15, 0.2) is 0 Å². The van der Waals surface area contributed by atoms with Crippen LogP contribution in [0, 0.1) is 0 Å². The monoisotopic (exact) mass is 276 g/mol. The zero-order chi connectivity index (χ0) is 13.5. The van der Waals surface area contributed by atoms with Crippen molar-refractivity contribution in [3.05, 3.63) is 52.0 Å². The molecule has 1 N–H and O–H groups in total. The van der Waals surface area contributed by atoms with Gasteiger partial charge >= 0.3 is 0 Å². The fourth-order valence-electron chi connectivity index (χ4n) is 2.15. The topological polar surface area (TPSA) is 34.1 Å². The van der Waals surface area contributed by atoms with Crippen molar-refractivity contribution >= 4 is 11.3 Å². The van der Waals surface area contributed by atoms with Gasteiger partial charge in [0, 0.05) is 25.2 Å². The van der Waals surface area contributed by atoms with Gasteiger partial charge in [-0.25, -0.2) is 4.98 Å². The number of nitrogens with zero attached hydrogens (tertiary/aromatic N) is 1. The number of aryl methyl sites for hydroxylation is 1. The molecule has 1 aromatic heterocycles. The average Bonchev–Trinajstić information content (AvgIpc) is 2.98. The van der Waals surface area contributed by atoms with E-state index in [9.17, 15) is 0 Å². The van der Waals surface area contributed by atoms with Crippen LogP contribution in [0.25, 0.3) is 0 Å². The molecule has 0 aliphatic carbocycles. The summed E-state index contributed by atoms with van der Waals surface area (Å²) in [4.78, 5) is 4.46. The molecule has 0 fully saturated rings. The lowest BCUT2D eigenvalue weighted by Crippen LogP contribution is -2.26. The molecule has 1 unspecified atom stereocenters. The number of thiazole rings is 1. The number of benzene rings is 1. The first kappa shape index (κ1) is 14.2. The zero-order valence-electron chi connectivity index (χ0n) is 11.4. The summed E-state index contributed by atoms with van der Waals surface area (Å²) in [5.41, 5.74) is 2.68. The van der Waals surface area contributed by atoms with E-state index in [1.165, 1.54) is 11.1 Å². The molecule has 2 aromatic rings. The summed E-state index contributed by atoms with van der Waals surface area (Å²) in [5, 5.41) is 6.67. The Bertz CT molecular complexity index is 485. The van der Waals surface area contributed by atoms with Gasteiger partial charge in [0.2, 0.25) is 0 Å². The Morgan fingerprint density at radius 3 is 2.89 bits per heavy atom. The molecule has 0 amide bonds. The molecule has 0 bridgehead atoms. The Kier molecular flexibility index (Phi) is 5.51. The second kappa shape index (κ2) is 7.38. The molecule has 0 saturated carbocycles. The van der Waals surface area contributed by atoms with E-state index >= 15 is 0 Å². The van der Waals surface area contributed by atoms with Crippen molar-refractivity contribution < 1.29 is 4.74 Å². The number of hydrogen-bond donors (Lipinski definition) is 1. The fraction of sp³-hybridized carbons (Fsp3) is 0.400. The molecular weight excluding hydrogens is 256 g/mol. The second-order valence-electron chi connectivity index (χ2n) is 4.30. The molecule has 0 aliphatic heterocycles. The first-order chi connectivity index (χ1) is 9.36. The van der Waals surface area contributed by atoms with Crippen LogP contribution in [0.2, 0.25) is 0 Å². The molecular formula is C15H20N2OS. The highest BCUT2D eigenvalue weighted by atomic mass is 32.1. The van der Waals surface area contributed by atoms with Crippen molar-refractivity contribution in [2.45, 2.75) is 19.4 Å². The molecule has 1 atom stereocenters. The van der Waals surface area contributed by atoms with Gasteiger partial charge in [-0.2, -0.15) is 0 Å². The lowest BCUT2D eigenvalue weighted by molar-refractivity contribution is 0.197. The molecule has 0 spiro atoms. The van der Waals surface area contributed by atoms with Gasteiger partial charge in [-0.1, -0.05) is 31.2 Å². The first-order valence-corrected chi connectivity index (χ1v) is 7.44. The Morgan fingerprint density at radius 2 is 2.21 bits per heavy atom. The largest absolute Gasteiger partial charge is 0.383 e. The predicted octanol–water partition coefficient (Wildman–Crippen LogP) is 3.03. The van der Waals surface area contributed by atoms with E-state index in [-0.39, 0.29) is 6.04 Å². The minimum atomic E-state index is 0.159. The maximum Gasteiger partial charge on any atom is 0.114 e. The van der Waals surface area contributed by atoms with Gasteiger partial charge in [-0.05, 0) is 17.5 Å². The van der Waals surface area contributed by atoms with Crippen LogP contribution in [0.15, 0.2) is 35.8 Å². The zero-order valence-corrected chi connectivity index (χ0v) is 12.2. The number of ether oxygens (including phenoxy) is 1. The van der Waals surface area contributed by atoms with Crippen LogP contribution >= 0.6 is 11.3 Å². The number of nitrogens with one attached hydrogen (secondary N) is 1. The highest BCUT2D eigenvalue weighted by molar-refractivity contribution is 7.09. The average molecular weight is 276 g/mol.